The second kappa shape index (κ2) is 17.2. The Balaban J connectivity index is 0.000000136. The summed E-state index contributed by atoms with van der Waals surface area (Å²) in [4.78, 5) is 0. The van der Waals surface area contributed by atoms with Crippen LogP contribution in [0.1, 0.15) is 95.5 Å². The van der Waals surface area contributed by atoms with Crippen LogP contribution in [0.2, 0.25) is 0 Å². The highest BCUT2D eigenvalue weighted by atomic mass is 14.9. The highest BCUT2D eigenvalue weighted by Crippen LogP contribution is 2.27. The van der Waals surface area contributed by atoms with E-state index >= 15 is 0 Å². The number of nitrogens with zero attached hydrogens (tertiary/aromatic N) is 4. The lowest BCUT2D eigenvalue weighted by molar-refractivity contribution is 0.648. The van der Waals surface area contributed by atoms with Crippen LogP contribution in [0, 0.1) is 5.92 Å². The number of aryl methyl sites for hydroxylation is 4. The summed E-state index contributed by atoms with van der Waals surface area (Å²) in [6.07, 6.45) is 7.76. The maximum absolute atomic E-state index is 2.28. The van der Waals surface area contributed by atoms with Gasteiger partial charge in [0.1, 0.15) is 0 Å². The normalized spacial score (nSPS) is 11.4. The number of aromatic nitrogens is 4. The van der Waals surface area contributed by atoms with Crippen molar-refractivity contribution in [1.82, 2.24) is 18.3 Å². The third-order valence-corrected chi connectivity index (χ3v) is 10.3. The molecule has 8 rings (SSSR count). The Morgan fingerprint density at radius 2 is 1.04 bits per heavy atom. The van der Waals surface area contributed by atoms with Crippen molar-refractivity contribution >= 4 is 43.6 Å². The summed E-state index contributed by atoms with van der Waals surface area (Å²) in [5.74, 6) is 2.54. The molecule has 4 heteroatoms. The van der Waals surface area contributed by atoms with Gasteiger partial charge in [0.05, 0.1) is 0 Å². The lowest BCUT2D eigenvalue weighted by atomic mass is 10.0. The van der Waals surface area contributed by atoms with E-state index in [1.54, 1.807) is 0 Å². The minimum Gasteiger partial charge on any atom is -0.351 e. The molecule has 0 unspecified atom stereocenters. The highest BCUT2D eigenvalue weighted by molar-refractivity contribution is 5.85. The van der Waals surface area contributed by atoms with Crippen molar-refractivity contribution in [2.75, 3.05) is 0 Å². The van der Waals surface area contributed by atoms with E-state index < -0.39 is 0 Å². The van der Waals surface area contributed by atoms with Crippen molar-refractivity contribution in [2.24, 2.45) is 34.1 Å². The summed E-state index contributed by atoms with van der Waals surface area (Å²) >= 11 is 0. The molecule has 0 N–H and O–H groups in total. The predicted octanol–water partition coefficient (Wildman–Crippen LogP) is 13.3. The van der Waals surface area contributed by atoms with E-state index in [1.165, 1.54) is 72.4 Å². The first kappa shape index (κ1) is 39.3. The van der Waals surface area contributed by atoms with Crippen LogP contribution in [0.25, 0.3) is 43.6 Å². The second-order valence-electron chi connectivity index (χ2n) is 16.0. The Morgan fingerprint density at radius 1 is 0.472 bits per heavy atom. The average molecular weight is 707 g/mol. The molecule has 4 heterocycles. The van der Waals surface area contributed by atoms with Crippen LogP contribution in [0.3, 0.4) is 0 Å². The van der Waals surface area contributed by atoms with Gasteiger partial charge in [-0.1, -0.05) is 116 Å². The van der Waals surface area contributed by atoms with Crippen LogP contribution in [0.15, 0.2) is 122 Å². The molecule has 4 aromatic carbocycles. The molecular weight excluding hydrogens is 645 g/mol. The third-order valence-electron chi connectivity index (χ3n) is 10.3. The monoisotopic (exact) mass is 706 g/mol. The predicted molar refractivity (Wildman–Crippen MR) is 232 cm³/mol. The molecular formula is C49H62N4. The topological polar surface area (TPSA) is 19.7 Å². The molecule has 0 saturated carbocycles. The summed E-state index contributed by atoms with van der Waals surface area (Å²) in [6.45, 7) is 17.9. The fraction of sp³-hybridized carbons (Fsp3) is 0.347. The number of rotatable bonds is 5. The molecule has 0 radical (unpaired) electrons. The van der Waals surface area contributed by atoms with Gasteiger partial charge < -0.3 is 18.3 Å². The Hall–Kier alpha value is -4.96. The quantitative estimate of drug-likeness (QED) is 0.170. The van der Waals surface area contributed by atoms with Gasteiger partial charge in [-0.2, -0.15) is 0 Å². The smallest absolute Gasteiger partial charge is 0.0480 e. The lowest BCUT2D eigenvalue weighted by Crippen LogP contribution is -1.97. The molecule has 0 spiro atoms. The number of benzene rings is 4. The standard InChI is InChI=1S/C13H17N.3C12H15N/c1-10(2)8-11-9-14(3)13-7-5-4-6-12(11)13;1-9(2)10-4-5-12-11(8-10)6-7-13(12)3;1-9(2)11-8-13(3)12-7-5-4-6-10(11)12;1-9(2)12-8-10-6-4-5-7-11(10)13(12)3/h4-7,9-10H,8H2,1-3H3;3*4-9H,1-3H3. The van der Waals surface area contributed by atoms with Crippen molar-refractivity contribution in [3.05, 3.63) is 144 Å². The van der Waals surface area contributed by atoms with Crippen molar-refractivity contribution in [3.63, 3.8) is 0 Å². The van der Waals surface area contributed by atoms with Crippen LogP contribution in [-0.4, -0.2) is 18.3 Å². The molecule has 0 bridgehead atoms. The van der Waals surface area contributed by atoms with Crippen molar-refractivity contribution in [3.8, 4) is 0 Å². The molecule has 0 fully saturated rings. The Morgan fingerprint density at radius 3 is 1.64 bits per heavy atom. The second-order valence-corrected chi connectivity index (χ2v) is 16.0. The molecule has 0 amide bonds. The molecule has 8 aromatic rings. The molecule has 4 nitrogen and oxygen atoms in total. The van der Waals surface area contributed by atoms with Gasteiger partial charge in [0, 0.05) is 85.3 Å². The highest BCUT2D eigenvalue weighted by Gasteiger charge is 2.09. The summed E-state index contributed by atoms with van der Waals surface area (Å²) in [5, 5.41) is 5.48. The van der Waals surface area contributed by atoms with Crippen LogP contribution < -0.4 is 0 Å². The van der Waals surface area contributed by atoms with E-state index in [-0.39, 0.29) is 0 Å². The van der Waals surface area contributed by atoms with Gasteiger partial charge >= 0.3 is 0 Å². The van der Waals surface area contributed by atoms with Crippen molar-refractivity contribution < 1.29 is 0 Å². The largest absolute Gasteiger partial charge is 0.351 e. The molecule has 278 valence electrons. The van der Waals surface area contributed by atoms with E-state index in [1.807, 2.05) is 0 Å². The van der Waals surface area contributed by atoms with E-state index in [2.05, 4.69) is 224 Å². The zero-order chi connectivity index (χ0) is 38.4. The van der Waals surface area contributed by atoms with E-state index in [0.717, 1.165) is 5.92 Å². The lowest BCUT2D eigenvalue weighted by Gasteiger charge is -2.06. The zero-order valence-electron chi connectivity index (χ0n) is 34.4. The summed E-state index contributed by atoms with van der Waals surface area (Å²) in [7, 11) is 8.44. The van der Waals surface area contributed by atoms with Gasteiger partial charge in [0.15, 0.2) is 0 Å². The third kappa shape index (κ3) is 9.16. The van der Waals surface area contributed by atoms with Gasteiger partial charge in [0.2, 0.25) is 0 Å². The fourth-order valence-electron chi connectivity index (χ4n) is 7.38. The summed E-state index contributed by atoms with van der Waals surface area (Å²) in [5.41, 5.74) is 11.0. The van der Waals surface area contributed by atoms with Gasteiger partial charge in [-0.3, -0.25) is 0 Å². The summed E-state index contributed by atoms with van der Waals surface area (Å²) < 4.78 is 8.84. The SMILES string of the molecule is CC(C)Cc1cn(C)c2ccccc12.CC(C)c1cc2ccccc2n1C.CC(C)c1ccc2c(ccn2C)c1.CC(C)c1cn(C)c2ccccc12. The zero-order valence-corrected chi connectivity index (χ0v) is 34.4. The maximum atomic E-state index is 2.28. The molecule has 0 aliphatic carbocycles. The van der Waals surface area contributed by atoms with Gasteiger partial charge in [-0.25, -0.2) is 0 Å². The van der Waals surface area contributed by atoms with E-state index in [4.69, 9.17) is 0 Å². The molecule has 53 heavy (non-hydrogen) atoms. The molecule has 4 aromatic heterocycles. The Labute approximate surface area is 318 Å². The molecule has 0 aliphatic heterocycles. The van der Waals surface area contributed by atoms with Crippen LogP contribution >= 0.6 is 0 Å². The molecule has 0 saturated heterocycles. The fourth-order valence-corrected chi connectivity index (χ4v) is 7.38. The Kier molecular flexibility index (Phi) is 12.8. The number of para-hydroxylation sites is 3. The first-order chi connectivity index (χ1) is 25.3. The molecule has 0 aliphatic rings. The minimum absolute atomic E-state index is 0.595. The average Bonchev–Trinajstić information content (AvgIpc) is 3.88. The van der Waals surface area contributed by atoms with Crippen molar-refractivity contribution in [1.29, 1.82) is 0 Å². The molecule has 0 atom stereocenters. The minimum atomic E-state index is 0.595. The first-order valence-electron chi connectivity index (χ1n) is 19.4. The number of hydrogen-bond donors (Lipinski definition) is 0. The summed E-state index contributed by atoms with van der Waals surface area (Å²) in [6, 6.07) is 36.8. The Bertz CT molecular complexity index is 2380. The van der Waals surface area contributed by atoms with Gasteiger partial charge in [0.25, 0.3) is 0 Å². The van der Waals surface area contributed by atoms with Gasteiger partial charge in [-0.05, 0) is 100 Å². The van der Waals surface area contributed by atoms with Crippen molar-refractivity contribution in [2.45, 2.75) is 79.6 Å². The maximum Gasteiger partial charge on any atom is 0.0480 e. The van der Waals surface area contributed by atoms with Crippen LogP contribution in [-0.2, 0) is 34.6 Å². The van der Waals surface area contributed by atoms with Crippen LogP contribution in [0.4, 0.5) is 0 Å². The van der Waals surface area contributed by atoms with Crippen LogP contribution in [0.5, 0.6) is 0 Å². The van der Waals surface area contributed by atoms with Gasteiger partial charge in [-0.15, -0.1) is 0 Å². The number of hydrogen-bond acceptors (Lipinski definition) is 0. The van der Waals surface area contributed by atoms with E-state index in [9.17, 15) is 0 Å². The van der Waals surface area contributed by atoms with E-state index in [0.29, 0.717) is 17.8 Å². The first-order valence-corrected chi connectivity index (χ1v) is 19.4. The number of fused-ring (bicyclic) bond motifs is 4.